The van der Waals surface area contributed by atoms with Crippen molar-refractivity contribution in [2.24, 2.45) is 0 Å². The molecular formula is C33H30Cl2F2N4O4. The number of anilines is 1. The highest BCUT2D eigenvalue weighted by molar-refractivity contribution is 6.44. The molecule has 0 radical (unpaired) electrons. The van der Waals surface area contributed by atoms with Gasteiger partial charge in [0.25, 0.3) is 5.56 Å². The average molecular weight is 656 g/mol. The summed E-state index contributed by atoms with van der Waals surface area (Å²) in [5, 5.41) is 10.1. The Labute approximate surface area is 268 Å². The first-order chi connectivity index (χ1) is 21.3. The maximum atomic E-state index is 17.2. The second-order valence-corrected chi connectivity index (χ2v) is 12.5. The zero-order chi connectivity index (χ0) is 32.5. The van der Waals surface area contributed by atoms with E-state index in [-0.39, 0.29) is 81.3 Å². The standard InChI is InChI=1S/C33H30Cl2F2N4O4/c1-6-24(43)39-13-18-14-45-32-31(40(18)12-17(39)5)21-11-23(36)25(20-9-19(42)10-22(34)26(20)35)27(37)30(21)41(33(32)44)29-16(4)7-8-38-28(29)15(2)3/h6-11,15,17-18,42H,1,12-14H2,2-5H3. The molecule has 2 unspecified atom stereocenters. The normalized spacial score (nSPS) is 17.7. The van der Waals surface area contributed by atoms with Crippen LogP contribution in [0.5, 0.6) is 11.5 Å². The van der Waals surface area contributed by atoms with Crippen LogP contribution in [0.2, 0.25) is 10.0 Å². The van der Waals surface area contributed by atoms with Gasteiger partial charge in [-0.1, -0.05) is 43.6 Å². The number of aryl methyl sites for hydroxylation is 1. The van der Waals surface area contributed by atoms with E-state index in [4.69, 9.17) is 27.9 Å². The summed E-state index contributed by atoms with van der Waals surface area (Å²) >= 11 is 12.6. The van der Waals surface area contributed by atoms with Crippen molar-refractivity contribution >= 4 is 45.7 Å². The van der Waals surface area contributed by atoms with Gasteiger partial charge in [-0.2, -0.15) is 0 Å². The molecule has 4 heterocycles. The predicted octanol–water partition coefficient (Wildman–Crippen LogP) is 6.76. The lowest BCUT2D eigenvalue weighted by molar-refractivity contribution is -0.129. The van der Waals surface area contributed by atoms with Gasteiger partial charge in [0.15, 0.2) is 5.82 Å². The van der Waals surface area contributed by atoms with Crippen LogP contribution >= 0.6 is 23.2 Å². The van der Waals surface area contributed by atoms with Gasteiger partial charge in [-0.3, -0.25) is 19.1 Å². The van der Waals surface area contributed by atoms with Crippen molar-refractivity contribution in [3.05, 3.63) is 86.4 Å². The number of ether oxygens (including phenoxy) is 1. The molecule has 2 aliphatic heterocycles. The summed E-state index contributed by atoms with van der Waals surface area (Å²) < 4.78 is 40.8. The third-order valence-corrected chi connectivity index (χ3v) is 9.30. The Kier molecular flexibility index (Phi) is 7.77. The number of benzene rings is 2. The topological polar surface area (TPSA) is 87.9 Å². The van der Waals surface area contributed by atoms with Crippen LogP contribution in [0.3, 0.4) is 0 Å². The zero-order valence-electron chi connectivity index (χ0n) is 25.0. The molecule has 0 spiro atoms. The number of nitrogens with zero attached hydrogens (tertiary/aromatic N) is 4. The number of carbonyl (C=O) groups is 1. The highest BCUT2D eigenvalue weighted by atomic mass is 35.5. The minimum absolute atomic E-state index is 0.0580. The number of aromatic nitrogens is 2. The van der Waals surface area contributed by atoms with E-state index in [1.165, 1.54) is 16.7 Å². The van der Waals surface area contributed by atoms with Crippen molar-refractivity contribution in [2.75, 3.05) is 24.6 Å². The first kappa shape index (κ1) is 30.9. The fourth-order valence-corrected chi connectivity index (χ4v) is 6.83. The molecule has 2 aliphatic rings. The first-order valence-electron chi connectivity index (χ1n) is 14.4. The molecule has 0 aliphatic carbocycles. The monoisotopic (exact) mass is 654 g/mol. The van der Waals surface area contributed by atoms with E-state index in [1.807, 2.05) is 25.7 Å². The molecule has 1 fully saturated rings. The zero-order valence-corrected chi connectivity index (χ0v) is 26.5. The van der Waals surface area contributed by atoms with Gasteiger partial charge in [0, 0.05) is 42.3 Å². The minimum Gasteiger partial charge on any atom is -0.508 e. The first-order valence-corrected chi connectivity index (χ1v) is 15.2. The number of amides is 1. The molecule has 1 saturated heterocycles. The van der Waals surface area contributed by atoms with Gasteiger partial charge in [-0.25, -0.2) is 8.78 Å². The Morgan fingerprint density at radius 1 is 1.20 bits per heavy atom. The van der Waals surface area contributed by atoms with Crippen LogP contribution in [0.1, 0.15) is 37.9 Å². The van der Waals surface area contributed by atoms with E-state index in [0.717, 1.165) is 12.1 Å². The van der Waals surface area contributed by atoms with Gasteiger partial charge >= 0.3 is 0 Å². The average Bonchev–Trinajstić information content (AvgIpc) is 2.99. The SMILES string of the molecule is C=CC(=O)N1CC2COc3c(c4cc(F)c(-c5cc(O)cc(Cl)c5Cl)c(F)c4n(-c4c(C)ccnc4C(C)C)c3=O)N2CC1C. The molecule has 0 bridgehead atoms. The quantitative estimate of drug-likeness (QED) is 0.245. The molecule has 2 atom stereocenters. The molecule has 8 nitrogen and oxygen atoms in total. The molecule has 0 saturated carbocycles. The lowest BCUT2D eigenvalue weighted by Crippen LogP contribution is -2.62. The van der Waals surface area contributed by atoms with E-state index in [0.29, 0.717) is 16.9 Å². The summed E-state index contributed by atoms with van der Waals surface area (Å²) in [7, 11) is 0. The number of phenols is 1. The van der Waals surface area contributed by atoms with Crippen LogP contribution in [-0.4, -0.2) is 57.2 Å². The fraction of sp³-hybridized carbons (Fsp3) is 0.303. The number of phenolic OH excluding ortho intramolecular Hbond substituents is 1. The van der Waals surface area contributed by atoms with Crippen LogP contribution in [0, 0.1) is 18.6 Å². The highest BCUT2D eigenvalue weighted by Gasteiger charge is 2.41. The summed E-state index contributed by atoms with van der Waals surface area (Å²) in [6.45, 7) is 11.7. The van der Waals surface area contributed by atoms with Crippen molar-refractivity contribution < 1.29 is 23.4 Å². The molecule has 45 heavy (non-hydrogen) atoms. The van der Waals surface area contributed by atoms with Crippen LogP contribution in [-0.2, 0) is 4.79 Å². The maximum absolute atomic E-state index is 17.2. The van der Waals surface area contributed by atoms with Gasteiger partial charge < -0.3 is 19.6 Å². The lowest BCUT2D eigenvalue weighted by atomic mass is 9.97. The van der Waals surface area contributed by atoms with E-state index < -0.39 is 28.8 Å². The van der Waals surface area contributed by atoms with Crippen molar-refractivity contribution in [3.8, 4) is 28.3 Å². The molecule has 4 aromatic rings. The van der Waals surface area contributed by atoms with Crippen LogP contribution in [0.15, 0.2) is 47.9 Å². The van der Waals surface area contributed by atoms with Crippen LogP contribution in [0.4, 0.5) is 14.5 Å². The van der Waals surface area contributed by atoms with Gasteiger partial charge in [0.05, 0.1) is 44.2 Å². The molecule has 6 rings (SSSR count). The van der Waals surface area contributed by atoms with Crippen molar-refractivity contribution in [1.29, 1.82) is 0 Å². The Morgan fingerprint density at radius 2 is 1.93 bits per heavy atom. The summed E-state index contributed by atoms with van der Waals surface area (Å²) in [6.07, 6.45) is 2.85. The molecular weight excluding hydrogens is 625 g/mol. The van der Waals surface area contributed by atoms with E-state index >= 15 is 8.78 Å². The summed E-state index contributed by atoms with van der Waals surface area (Å²) in [4.78, 5) is 35.2. The number of piperazine rings is 1. The van der Waals surface area contributed by atoms with Crippen LogP contribution < -0.4 is 15.2 Å². The Morgan fingerprint density at radius 3 is 2.62 bits per heavy atom. The second kappa shape index (κ2) is 11.3. The number of hydrogen-bond donors (Lipinski definition) is 1. The number of carbonyl (C=O) groups excluding carboxylic acids is 1. The molecule has 1 N–H and O–H groups in total. The number of rotatable bonds is 4. The smallest absolute Gasteiger partial charge is 0.300 e. The van der Waals surface area contributed by atoms with E-state index in [2.05, 4.69) is 11.6 Å². The van der Waals surface area contributed by atoms with Crippen LogP contribution in [0.25, 0.3) is 27.7 Å². The Bertz CT molecular complexity index is 1980. The third kappa shape index (κ3) is 4.82. The van der Waals surface area contributed by atoms with Gasteiger partial charge in [0.1, 0.15) is 18.2 Å². The van der Waals surface area contributed by atoms with E-state index in [1.54, 1.807) is 24.1 Å². The number of fused-ring (bicyclic) bond motifs is 5. The largest absolute Gasteiger partial charge is 0.508 e. The van der Waals surface area contributed by atoms with Crippen molar-refractivity contribution in [3.63, 3.8) is 0 Å². The van der Waals surface area contributed by atoms with Gasteiger partial charge in [-0.15, -0.1) is 0 Å². The maximum Gasteiger partial charge on any atom is 0.300 e. The fourth-order valence-electron chi connectivity index (χ4n) is 6.41. The molecule has 12 heteroatoms. The Balaban J connectivity index is 1.75. The summed E-state index contributed by atoms with van der Waals surface area (Å²) in [6, 6.07) is 4.45. The van der Waals surface area contributed by atoms with Gasteiger partial charge in [0.2, 0.25) is 11.7 Å². The summed E-state index contributed by atoms with van der Waals surface area (Å²) in [5.41, 5.74) is 0.142. The molecule has 2 aromatic heterocycles. The predicted molar refractivity (Wildman–Crippen MR) is 171 cm³/mol. The second-order valence-electron chi connectivity index (χ2n) is 11.7. The molecule has 234 valence electrons. The molecule has 1 amide bonds. The lowest BCUT2D eigenvalue weighted by Gasteiger charge is -2.48. The highest BCUT2D eigenvalue weighted by Crippen LogP contribution is 2.46. The van der Waals surface area contributed by atoms with Crippen molar-refractivity contribution in [1.82, 2.24) is 14.5 Å². The summed E-state index contributed by atoms with van der Waals surface area (Å²) in [5.74, 6) is -2.88. The van der Waals surface area contributed by atoms with Crippen molar-refractivity contribution in [2.45, 2.75) is 45.7 Å². The number of pyridine rings is 2. The number of aromatic hydroxyl groups is 1. The molecule has 2 aromatic carbocycles. The third-order valence-electron chi connectivity index (χ3n) is 8.50. The van der Waals surface area contributed by atoms with Gasteiger partial charge in [-0.05, 0) is 49.6 Å². The number of halogens is 4. The number of hydrogen-bond acceptors (Lipinski definition) is 6. The van der Waals surface area contributed by atoms with E-state index in [9.17, 15) is 14.7 Å². The minimum atomic E-state index is -1.08. The Hall–Kier alpha value is -4.15.